The molecule has 34 heavy (non-hydrogen) atoms. The number of imide groups is 1. The number of nitrogens with zero attached hydrogens (tertiary/aromatic N) is 1. The zero-order valence-electron chi connectivity index (χ0n) is 18.4. The highest BCUT2D eigenvalue weighted by atomic mass is 32.2. The molecule has 172 valence electrons. The Balaban J connectivity index is 1.40. The first-order chi connectivity index (χ1) is 16.5. The second-order valence-corrected chi connectivity index (χ2v) is 8.25. The van der Waals surface area contributed by atoms with Gasteiger partial charge in [0.15, 0.2) is 0 Å². The number of hydrogen-bond acceptors (Lipinski definition) is 6. The molecule has 1 N–H and O–H groups in total. The molecule has 0 aromatic heterocycles. The molecule has 1 heterocycles. The van der Waals surface area contributed by atoms with Crippen molar-refractivity contribution >= 4 is 40.6 Å². The van der Waals surface area contributed by atoms with E-state index in [0.717, 1.165) is 16.7 Å². The third kappa shape index (κ3) is 5.85. The maximum atomic E-state index is 12.8. The minimum Gasteiger partial charge on any atom is -0.494 e. The lowest BCUT2D eigenvalue weighted by atomic mass is 10.2. The quantitative estimate of drug-likeness (QED) is 0.431. The summed E-state index contributed by atoms with van der Waals surface area (Å²) in [6, 6.07) is 23.4. The largest absolute Gasteiger partial charge is 0.494 e. The van der Waals surface area contributed by atoms with Gasteiger partial charge in [-0.25, -0.2) is 0 Å². The lowest BCUT2D eigenvalue weighted by Gasteiger charge is -2.12. The van der Waals surface area contributed by atoms with Crippen molar-refractivity contribution in [2.45, 2.75) is 6.92 Å². The van der Waals surface area contributed by atoms with Gasteiger partial charge in [0.25, 0.3) is 11.1 Å². The fraction of sp³-hybridized carbons (Fsp3) is 0.115. The van der Waals surface area contributed by atoms with Crippen LogP contribution >= 0.6 is 11.8 Å². The number of nitrogens with one attached hydrogen (secondary N) is 1. The topological polar surface area (TPSA) is 84.9 Å². The van der Waals surface area contributed by atoms with E-state index in [1.807, 2.05) is 43.3 Å². The van der Waals surface area contributed by atoms with Crippen LogP contribution in [0.3, 0.4) is 0 Å². The van der Waals surface area contributed by atoms with Gasteiger partial charge in [-0.3, -0.25) is 19.3 Å². The molecule has 1 saturated heterocycles. The Morgan fingerprint density at radius 1 is 0.941 bits per heavy atom. The summed E-state index contributed by atoms with van der Waals surface area (Å²) in [6.45, 7) is 2.06. The summed E-state index contributed by atoms with van der Waals surface area (Å²) < 4.78 is 11.2. The van der Waals surface area contributed by atoms with Crippen molar-refractivity contribution in [2.75, 3.05) is 18.5 Å². The Morgan fingerprint density at radius 3 is 2.41 bits per heavy atom. The Morgan fingerprint density at radius 2 is 1.68 bits per heavy atom. The molecule has 1 fully saturated rings. The maximum absolute atomic E-state index is 12.8. The van der Waals surface area contributed by atoms with Crippen LogP contribution in [0.2, 0.25) is 0 Å². The number of anilines is 1. The Kier molecular flexibility index (Phi) is 7.29. The molecule has 0 saturated carbocycles. The van der Waals surface area contributed by atoms with Crippen LogP contribution in [0.15, 0.2) is 83.8 Å². The molecule has 0 atom stereocenters. The normalized spacial score (nSPS) is 14.4. The van der Waals surface area contributed by atoms with Crippen LogP contribution in [0.1, 0.15) is 12.5 Å². The van der Waals surface area contributed by atoms with Gasteiger partial charge in [0.1, 0.15) is 23.8 Å². The first-order valence-corrected chi connectivity index (χ1v) is 11.4. The van der Waals surface area contributed by atoms with Crippen molar-refractivity contribution in [2.24, 2.45) is 0 Å². The van der Waals surface area contributed by atoms with Crippen molar-refractivity contribution in [1.29, 1.82) is 0 Å². The van der Waals surface area contributed by atoms with Gasteiger partial charge in [0.2, 0.25) is 5.91 Å². The first kappa shape index (κ1) is 23.1. The summed E-state index contributed by atoms with van der Waals surface area (Å²) in [4.78, 5) is 38.8. The van der Waals surface area contributed by atoms with Gasteiger partial charge in [-0.15, -0.1) is 0 Å². The maximum Gasteiger partial charge on any atom is 0.294 e. The molecule has 3 aromatic rings. The number of carbonyl (C=O) groups excluding carboxylic acids is 3. The van der Waals surface area contributed by atoms with Gasteiger partial charge >= 0.3 is 0 Å². The summed E-state index contributed by atoms with van der Waals surface area (Å²) in [5.74, 6) is 1.01. The van der Waals surface area contributed by atoms with Crippen molar-refractivity contribution in [3.05, 3.63) is 89.3 Å². The smallest absolute Gasteiger partial charge is 0.294 e. The summed E-state index contributed by atoms with van der Waals surface area (Å²) in [5, 5.41) is 2.20. The van der Waals surface area contributed by atoms with Crippen LogP contribution < -0.4 is 14.8 Å². The molecule has 3 aromatic carbocycles. The van der Waals surface area contributed by atoms with E-state index < -0.39 is 17.1 Å². The number of thioether (sulfide) groups is 1. The zero-order valence-corrected chi connectivity index (χ0v) is 19.2. The highest BCUT2D eigenvalue weighted by Gasteiger charge is 2.36. The van der Waals surface area contributed by atoms with Crippen LogP contribution in [0.25, 0.3) is 6.08 Å². The van der Waals surface area contributed by atoms with E-state index in [1.165, 1.54) is 0 Å². The molecule has 1 aliphatic rings. The summed E-state index contributed by atoms with van der Waals surface area (Å²) in [5.41, 5.74) is 1.25. The van der Waals surface area contributed by atoms with Crippen LogP contribution in [0.4, 0.5) is 10.5 Å². The highest BCUT2D eigenvalue weighted by molar-refractivity contribution is 8.18. The molecular weight excluding hydrogens is 452 g/mol. The Hall–Kier alpha value is -4.04. The molecular formula is C26H22N2O5S. The minimum atomic E-state index is -0.508. The van der Waals surface area contributed by atoms with Crippen LogP contribution in [0, 0.1) is 0 Å². The highest BCUT2D eigenvalue weighted by Crippen LogP contribution is 2.33. The predicted molar refractivity (Wildman–Crippen MR) is 132 cm³/mol. The molecule has 0 aliphatic carbocycles. The summed E-state index contributed by atoms with van der Waals surface area (Å²) in [6.07, 6.45) is 1.62. The number of carbonyl (C=O) groups is 3. The van der Waals surface area contributed by atoms with Crippen LogP contribution in [-0.4, -0.2) is 35.1 Å². The SMILES string of the molecule is CCOc1ccc(NC(=O)CN2C(=O)S/C(=C\c3cccc(Oc4ccccc4)c3)C2=O)cc1. The molecule has 3 amide bonds. The second-order valence-electron chi connectivity index (χ2n) is 7.26. The Bertz CT molecular complexity index is 1230. The number of rotatable bonds is 8. The van der Waals surface area contributed by atoms with Crippen molar-refractivity contribution in [1.82, 2.24) is 4.90 Å². The summed E-state index contributed by atoms with van der Waals surface area (Å²) >= 11 is 0.803. The first-order valence-electron chi connectivity index (χ1n) is 10.6. The third-order valence-corrected chi connectivity index (χ3v) is 5.67. The zero-order chi connectivity index (χ0) is 23.9. The second kappa shape index (κ2) is 10.7. The molecule has 8 heteroatoms. The number of para-hydroxylation sites is 1. The van der Waals surface area contributed by atoms with Crippen molar-refractivity contribution in [3.63, 3.8) is 0 Å². The fourth-order valence-electron chi connectivity index (χ4n) is 3.23. The molecule has 1 aliphatic heterocycles. The fourth-order valence-corrected chi connectivity index (χ4v) is 4.06. The van der Waals surface area contributed by atoms with Gasteiger partial charge in [-0.2, -0.15) is 0 Å². The molecule has 0 spiro atoms. The van der Waals surface area contributed by atoms with E-state index >= 15 is 0 Å². The van der Waals surface area contributed by atoms with Crippen molar-refractivity contribution in [3.8, 4) is 17.2 Å². The van der Waals surface area contributed by atoms with Gasteiger partial charge in [0, 0.05) is 5.69 Å². The monoisotopic (exact) mass is 474 g/mol. The van der Waals surface area contributed by atoms with E-state index in [2.05, 4.69) is 5.32 Å². The van der Waals surface area contributed by atoms with E-state index in [1.54, 1.807) is 48.5 Å². The van der Waals surface area contributed by atoms with E-state index in [9.17, 15) is 14.4 Å². The average molecular weight is 475 g/mol. The van der Waals surface area contributed by atoms with Gasteiger partial charge in [-0.05, 0) is 78.9 Å². The number of hydrogen-bond donors (Lipinski definition) is 1. The predicted octanol–water partition coefficient (Wildman–Crippen LogP) is 5.55. The molecule has 0 unspecified atom stereocenters. The lowest BCUT2D eigenvalue weighted by molar-refractivity contribution is -0.127. The van der Waals surface area contributed by atoms with Gasteiger partial charge < -0.3 is 14.8 Å². The van der Waals surface area contributed by atoms with Gasteiger partial charge in [0.05, 0.1) is 11.5 Å². The van der Waals surface area contributed by atoms with Crippen LogP contribution in [0.5, 0.6) is 17.2 Å². The van der Waals surface area contributed by atoms with Crippen molar-refractivity contribution < 1.29 is 23.9 Å². The lowest BCUT2D eigenvalue weighted by Crippen LogP contribution is -2.36. The van der Waals surface area contributed by atoms with E-state index in [0.29, 0.717) is 35.1 Å². The van der Waals surface area contributed by atoms with E-state index in [4.69, 9.17) is 9.47 Å². The molecule has 4 rings (SSSR count). The number of ether oxygens (including phenoxy) is 2. The molecule has 0 bridgehead atoms. The Labute approximate surface area is 201 Å². The van der Waals surface area contributed by atoms with E-state index in [-0.39, 0.29) is 11.4 Å². The van der Waals surface area contributed by atoms with Crippen LogP contribution in [-0.2, 0) is 9.59 Å². The number of amides is 3. The average Bonchev–Trinajstić information content (AvgIpc) is 3.08. The standard InChI is InChI=1S/C26H22N2O5S/c1-2-32-20-13-11-19(12-14-20)27-24(29)17-28-25(30)23(34-26(28)31)16-18-7-6-10-22(15-18)33-21-8-4-3-5-9-21/h3-16H,2,17H2,1H3,(H,27,29)/b23-16-. The third-order valence-electron chi connectivity index (χ3n) is 4.76. The molecule has 7 nitrogen and oxygen atoms in total. The summed E-state index contributed by atoms with van der Waals surface area (Å²) in [7, 11) is 0. The number of benzene rings is 3. The minimum absolute atomic E-state index is 0.246. The van der Waals surface area contributed by atoms with Gasteiger partial charge in [-0.1, -0.05) is 30.3 Å². The molecule has 0 radical (unpaired) electrons.